The first-order valence-electron chi connectivity index (χ1n) is 13.5. The Kier molecular flexibility index (Phi) is 9.60. The lowest BCUT2D eigenvalue weighted by Crippen LogP contribution is -2.45. The van der Waals surface area contributed by atoms with Crippen LogP contribution in [0.3, 0.4) is 0 Å². The van der Waals surface area contributed by atoms with Gasteiger partial charge in [-0.15, -0.1) is 0 Å². The Morgan fingerprint density at radius 2 is 1.40 bits per heavy atom. The quantitative estimate of drug-likeness (QED) is 0.177. The zero-order valence-electron chi connectivity index (χ0n) is 23.8. The first kappa shape index (κ1) is 30.3. The average Bonchev–Trinajstić information content (AvgIpc) is 3.31. The highest BCUT2D eigenvalue weighted by atomic mass is 16.6. The average molecular weight is 579 g/mol. The van der Waals surface area contributed by atoms with Crippen LogP contribution in [0.25, 0.3) is 21.8 Å². The zero-order chi connectivity index (χ0) is 30.4. The van der Waals surface area contributed by atoms with Crippen LogP contribution in [0.2, 0.25) is 0 Å². The van der Waals surface area contributed by atoms with Gasteiger partial charge in [-0.1, -0.05) is 24.3 Å². The second-order valence-corrected chi connectivity index (χ2v) is 9.87. The van der Waals surface area contributed by atoms with Gasteiger partial charge in [-0.2, -0.15) is 0 Å². The number of carboxylic acids is 2. The second kappa shape index (κ2) is 13.3. The molecule has 0 atom stereocenters. The summed E-state index contributed by atoms with van der Waals surface area (Å²) in [5.41, 5.74) is 4.58. The fraction of sp³-hybridized carbons (Fsp3) is 0.333. The molecule has 0 aliphatic carbocycles. The van der Waals surface area contributed by atoms with E-state index in [2.05, 4.69) is 63.8 Å². The van der Waals surface area contributed by atoms with Gasteiger partial charge in [-0.05, 0) is 36.8 Å². The van der Waals surface area contributed by atoms with Gasteiger partial charge in [0.05, 0.1) is 25.2 Å². The van der Waals surface area contributed by atoms with Gasteiger partial charge in [0.2, 0.25) is 0 Å². The number of hydrogen-bond acceptors (Lipinski definition) is 8. The number of nitrogens with zero attached hydrogens (tertiary/aromatic N) is 4. The van der Waals surface area contributed by atoms with Crippen molar-refractivity contribution in [3.8, 4) is 11.5 Å². The third-order valence-electron chi connectivity index (χ3n) is 7.38. The molecule has 5 rings (SSSR count). The molecule has 42 heavy (non-hydrogen) atoms. The number of nitro groups is 1. The summed E-state index contributed by atoms with van der Waals surface area (Å²) in [6.45, 7) is 8.07. The van der Waals surface area contributed by atoms with Gasteiger partial charge in [0.15, 0.2) is 11.5 Å². The molecule has 222 valence electrons. The predicted molar refractivity (Wildman–Crippen MR) is 157 cm³/mol. The largest absolute Gasteiger partial charge is 0.493 e. The van der Waals surface area contributed by atoms with Crippen LogP contribution in [0.4, 0.5) is 5.69 Å². The molecule has 1 fully saturated rings. The molecular formula is C30H34N4O8. The monoisotopic (exact) mass is 578 g/mol. The van der Waals surface area contributed by atoms with Crippen LogP contribution in [0.5, 0.6) is 11.5 Å². The summed E-state index contributed by atoms with van der Waals surface area (Å²) < 4.78 is 13.0. The van der Waals surface area contributed by atoms with E-state index in [-0.39, 0.29) is 10.6 Å². The molecule has 4 aromatic rings. The maximum atomic E-state index is 11.7. The van der Waals surface area contributed by atoms with Gasteiger partial charge in [-0.25, -0.2) is 9.59 Å². The van der Waals surface area contributed by atoms with E-state index in [1.54, 1.807) is 13.2 Å². The molecule has 12 nitrogen and oxygen atoms in total. The van der Waals surface area contributed by atoms with Crippen molar-refractivity contribution in [2.24, 2.45) is 0 Å². The summed E-state index contributed by atoms with van der Waals surface area (Å²) in [7, 11) is 3.03. The predicted octanol–water partition coefficient (Wildman–Crippen LogP) is 4.21. The van der Waals surface area contributed by atoms with Crippen LogP contribution in [0.1, 0.15) is 18.1 Å². The van der Waals surface area contributed by atoms with Crippen molar-refractivity contribution >= 4 is 39.4 Å². The van der Waals surface area contributed by atoms with E-state index in [0.29, 0.717) is 23.6 Å². The molecule has 1 aromatic heterocycles. The summed E-state index contributed by atoms with van der Waals surface area (Å²) in [6.07, 6.45) is 0. The van der Waals surface area contributed by atoms with E-state index in [4.69, 9.17) is 29.3 Å². The third kappa shape index (κ3) is 6.61. The molecule has 2 N–H and O–H groups in total. The Labute approximate surface area is 242 Å². The van der Waals surface area contributed by atoms with Crippen LogP contribution in [0.15, 0.2) is 54.6 Å². The molecule has 12 heteroatoms. The number of ether oxygens (including phenoxy) is 2. The van der Waals surface area contributed by atoms with E-state index in [1.165, 1.54) is 40.5 Å². The van der Waals surface area contributed by atoms with Crippen molar-refractivity contribution in [1.29, 1.82) is 0 Å². The smallest absolute Gasteiger partial charge is 0.414 e. The van der Waals surface area contributed by atoms with Crippen molar-refractivity contribution in [3.63, 3.8) is 0 Å². The van der Waals surface area contributed by atoms with Crippen molar-refractivity contribution in [2.45, 2.75) is 26.6 Å². The number of para-hydroxylation sites is 1. The lowest BCUT2D eigenvalue weighted by Gasteiger charge is -2.34. The molecular weight excluding hydrogens is 544 g/mol. The van der Waals surface area contributed by atoms with Crippen LogP contribution in [-0.4, -0.2) is 81.8 Å². The van der Waals surface area contributed by atoms with Gasteiger partial charge in [-0.3, -0.25) is 19.9 Å². The minimum atomic E-state index is -1.82. The Morgan fingerprint density at radius 1 is 0.833 bits per heavy atom. The molecule has 2 heterocycles. The van der Waals surface area contributed by atoms with Crippen LogP contribution in [0, 0.1) is 10.1 Å². The number of benzene rings is 3. The Morgan fingerprint density at radius 3 is 1.98 bits per heavy atom. The van der Waals surface area contributed by atoms with E-state index in [1.807, 2.05) is 0 Å². The summed E-state index contributed by atoms with van der Waals surface area (Å²) in [4.78, 5) is 34.2. The van der Waals surface area contributed by atoms with E-state index in [0.717, 1.165) is 39.3 Å². The van der Waals surface area contributed by atoms with Crippen LogP contribution in [-0.2, 0) is 29.2 Å². The van der Waals surface area contributed by atoms with Crippen molar-refractivity contribution in [1.82, 2.24) is 14.4 Å². The Hall–Kier alpha value is -4.68. The fourth-order valence-electron chi connectivity index (χ4n) is 5.35. The number of nitro benzene ring substituents is 1. The normalized spacial score (nSPS) is 13.9. The summed E-state index contributed by atoms with van der Waals surface area (Å²) >= 11 is 0. The number of carboxylic acid groups (broad SMARTS) is 2. The van der Waals surface area contributed by atoms with Crippen molar-refractivity contribution < 1.29 is 34.2 Å². The number of carbonyl (C=O) groups is 2. The molecule has 0 saturated carbocycles. The second-order valence-electron chi connectivity index (χ2n) is 9.87. The van der Waals surface area contributed by atoms with Crippen LogP contribution < -0.4 is 9.47 Å². The minimum absolute atomic E-state index is 0.0645. The van der Waals surface area contributed by atoms with Crippen LogP contribution >= 0.6 is 0 Å². The van der Waals surface area contributed by atoms with E-state index >= 15 is 0 Å². The molecule has 1 aliphatic heterocycles. The van der Waals surface area contributed by atoms with Crippen molar-refractivity contribution in [3.05, 3.63) is 75.8 Å². The van der Waals surface area contributed by atoms with Gasteiger partial charge < -0.3 is 24.3 Å². The third-order valence-corrected chi connectivity index (χ3v) is 7.38. The molecule has 0 spiro atoms. The first-order valence-corrected chi connectivity index (χ1v) is 13.5. The number of methoxy groups -OCH3 is 2. The number of aryl methyl sites for hydroxylation is 1. The zero-order valence-corrected chi connectivity index (χ0v) is 23.8. The fourth-order valence-corrected chi connectivity index (χ4v) is 5.35. The number of rotatable bonds is 8. The molecule has 3 aromatic carbocycles. The highest BCUT2D eigenvalue weighted by molar-refractivity contribution is 6.27. The minimum Gasteiger partial charge on any atom is -0.493 e. The molecule has 0 bridgehead atoms. The van der Waals surface area contributed by atoms with Crippen molar-refractivity contribution in [2.75, 3.05) is 40.4 Å². The Balaban J connectivity index is 0.000000612. The topological polar surface area (TPSA) is 148 Å². The number of hydrogen-bond donors (Lipinski definition) is 2. The van der Waals surface area contributed by atoms with Gasteiger partial charge in [0.25, 0.3) is 5.69 Å². The van der Waals surface area contributed by atoms with E-state index < -0.39 is 11.9 Å². The highest BCUT2D eigenvalue weighted by Gasteiger charge is 2.24. The number of fused-ring (bicyclic) bond motifs is 3. The van der Waals surface area contributed by atoms with E-state index in [9.17, 15) is 10.1 Å². The molecule has 0 radical (unpaired) electrons. The van der Waals surface area contributed by atoms with Gasteiger partial charge >= 0.3 is 11.9 Å². The molecule has 1 saturated heterocycles. The number of piperazine rings is 1. The lowest BCUT2D eigenvalue weighted by molar-refractivity contribution is -0.385. The molecule has 0 amide bonds. The molecule has 0 unspecified atom stereocenters. The summed E-state index contributed by atoms with van der Waals surface area (Å²) in [5, 5.41) is 29.1. The van der Waals surface area contributed by atoms with Gasteiger partial charge in [0, 0.05) is 73.2 Å². The first-order chi connectivity index (χ1) is 20.2. The van der Waals surface area contributed by atoms with Gasteiger partial charge in [0.1, 0.15) is 0 Å². The Bertz CT molecular complexity index is 1600. The SMILES string of the molecule is CCn1c2ccccc2c2cc(CN3CCN(Cc4cc(OC)c(OC)cc4[N+](=O)[O-])CC3)ccc21.O=C(O)C(=O)O. The standard InChI is InChI=1S/C28H32N4O4.C2H2O4/c1-4-31-24-8-6-5-7-22(24)23-15-20(9-10-25(23)31)18-29-11-13-30(14-12-29)19-21-16-27(35-2)28(36-3)17-26(21)32(33)34;3-1(4)2(5)6/h5-10,15-17H,4,11-14,18-19H2,1-3H3;(H,3,4)(H,5,6). The molecule has 1 aliphatic rings. The number of aliphatic carboxylic acids is 2. The number of aromatic nitrogens is 1. The maximum Gasteiger partial charge on any atom is 0.414 e. The summed E-state index contributed by atoms with van der Waals surface area (Å²) in [5.74, 6) is -2.77. The summed E-state index contributed by atoms with van der Waals surface area (Å²) in [6, 6.07) is 18.6. The highest BCUT2D eigenvalue weighted by Crippen LogP contribution is 2.35. The lowest BCUT2D eigenvalue weighted by atomic mass is 10.1. The maximum absolute atomic E-state index is 11.7.